The van der Waals surface area contributed by atoms with Crippen LogP contribution in [0, 0.1) is 0 Å². The van der Waals surface area contributed by atoms with Crippen LogP contribution in [0.3, 0.4) is 0 Å². The second-order valence-electron chi connectivity index (χ2n) is 0. The molecule has 0 saturated heterocycles. The van der Waals surface area contributed by atoms with Gasteiger partial charge >= 0.3 is 0 Å². The van der Waals surface area contributed by atoms with Crippen molar-refractivity contribution in [3.05, 3.63) is 0 Å². The van der Waals surface area contributed by atoms with Crippen molar-refractivity contribution in [2.24, 2.45) is 0 Å². The van der Waals surface area contributed by atoms with Crippen LogP contribution in [0.1, 0.15) is 0 Å². The molecule has 0 aromatic heterocycles. The summed E-state index contributed by atoms with van der Waals surface area (Å²) in [4.78, 5) is 0. The van der Waals surface area contributed by atoms with Crippen molar-refractivity contribution >= 4 is 0 Å². The third-order valence-corrected chi connectivity index (χ3v) is 0. The first kappa shape index (κ1) is 855. The number of hydrogen-bond donors (Lipinski definition) is 0. The van der Waals surface area contributed by atoms with E-state index < -0.39 is 0 Å². The van der Waals surface area contributed by atoms with Crippen LogP contribution < -0.4 is 18.8 Å². The minimum absolute atomic E-state index is 0. The van der Waals surface area contributed by atoms with Gasteiger partial charge < -0.3 is 18.8 Å². The Morgan fingerprint density at radius 1 is 0.400 bits per heavy atom. The van der Waals surface area contributed by atoms with Gasteiger partial charge in [0.05, 0.1) is 0 Å². The van der Waals surface area contributed by atoms with Crippen molar-refractivity contribution in [3.63, 3.8) is 0 Å². The van der Waals surface area contributed by atoms with E-state index in [1.54, 1.807) is 0 Å². The Hall–Kier alpha value is 0.343. The van der Waals surface area contributed by atoms with E-state index >= 15 is 0 Å². The van der Waals surface area contributed by atoms with Gasteiger partial charge in [-0.1, -0.05) is 0 Å². The average Bonchev–Trinajstić information content (AvgIpc) is 0. The van der Waals surface area contributed by atoms with E-state index in [1.807, 2.05) is 0 Å². The molecule has 0 amide bonds. The molecule has 5 heavy (non-hydrogen) atoms. The molecule has 0 nitrogen and oxygen atoms in total. The zero-order valence-electron chi connectivity index (χ0n) is 2.22. The molecule has 0 spiro atoms. The molecule has 0 bridgehead atoms. The fourth-order valence-corrected chi connectivity index (χ4v) is 0. The van der Waals surface area contributed by atoms with Crippen molar-refractivity contribution in [3.8, 4) is 0 Å². The zero-order chi connectivity index (χ0) is 0. The fraction of sp³-hybridized carbons (Fsp3) is 0. The van der Waals surface area contributed by atoms with E-state index in [4.69, 9.17) is 0 Å². The second kappa shape index (κ2) is 412. The van der Waals surface area contributed by atoms with Crippen molar-refractivity contribution in [1.82, 2.24) is 0 Å². The summed E-state index contributed by atoms with van der Waals surface area (Å²) in [5.41, 5.74) is 0. The van der Waals surface area contributed by atoms with E-state index in [2.05, 4.69) is 0 Å². The van der Waals surface area contributed by atoms with Crippen molar-refractivity contribution in [1.29, 1.82) is 0 Å². The topological polar surface area (TPSA) is 0 Å². The van der Waals surface area contributed by atoms with Gasteiger partial charge in [-0.05, 0) is 0 Å². The van der Waals surface area contributed by atoms with Crippen LogP contribution in [0.4, 0.5) is 0 Å². The van der Waals surface area contributed by atoms with Gasteiger partial charge in [0.2, 0.25) is 0 Å². The first-order valence-corrected chi connectivity index (χ1v) is 0. The Bertz CT molecular complexity index is 3.61. The molecule has 0 aromatic carbocycles. The van der Waals surface area contributed by atoms with E-state index in [1.165, 1.54) is 0 Å². The molecule has 0 aliphatic heterocycles. The van der Waals surface area contributed by atoms with Crippen LogP contribution >= 0.6 is 0 Å². The molecule has 0 aliphatic carbocycles. The van der Waals surface area contributed by atoms with E-state index in [0.717, 1.165) is 0 Å². The summed E-state index contributed by atoms with van der Waals surface area (Å²) in [6.07, 6.45) is 0. The molecule has 0 rings (SSSR count). The van der Waals surface area contributed by atoms with Crippen LogP contribution in [0.2, 0.25) is 0 Å². The summed E-state index contributed by atoms with van der Waals surface area (Å²) >= 11 is 0. The summed E-state index contributed by atoms with van der Waals surface area (Å²) in [5.74, 6) is 0. The van der Waals surface area contributed by atoms with Gasteiger partial charge in [0.1, 0.15) is 0 Å². The molecular formula is F4Zn-4. The predicted octanol–water partition coefficient (Wildman–Crippen LogP) is -12.0. The summed E-state index contributed by atoms with van der Waals surface area (Å²) < 4.78 is 0. The number of halogens is 4. The second-order valence-corrected chi connectivity index (χ2v) is 0. The molecule has 0 saturated carbocycles. The first-order chi connectivity index (χ1) is 0. The van der Waals surface area contributed by atoms with Crippen molar-refractivity contribution in [2.75, 3.05) is 0 Å². The van der Waals surface area contributed by atoms with Gasteiger partial charge in [-0.25, -0.2) is 0 Å². The third-order valence-electron chi connectivity index (χ3n) is 0. The minimum Gasteiger partial charge on any atom is -1.00 e. The molecule has 0 unspecified atom stereocenters. The van der Waals surface area contributed by atoms with Crippen molar-refractivity contribution < 1.29 is 38.3 Å². The summed E-state index contributed by atoms with van der Waals surface area (Å²) in [5, 5.41) is 0. The first-order valence-electron chi connectivity index (χ1n) is 0. The monoisotopic (exact) mass is 140 g/mol. The van der Waals surface area contributed by atoms with Crippen molar-refractivity contribution in [2.45, 2.75) is 0 Å². The van der Waals surface area contributed by atoms with Gasteiger partial charge in [0, 0.05) is 19.5 Å². The fourth-order valence-electron chi connectivity index (χ4n) is 0. The van der Waals surface area contributed by atoms with Gasteiger partial charge in [-0.15, -0.1) is 0 Å². The van der Waals surface area contributed by atoms with Crippen LogP contribution in [0.15, 0.2) is 0 Å². The van der Waals surface area contributed by atoms with E-state index in [9.17, 15) is 0 Å². The molecule has 0 N–H and O–H groups in total. The van der Waals surface area contributed by atoms with Crippen LogP contribution in [0.5, 0.6) is 0 Å². The number of hydrogen-bond acceptors (Lipinski definition) is 0. The van der Waals surface area contributed by atoms with Gasteiger partial charge in [-0.3, -0.25) is 0 Å². The summed E-state index contributed by atoms with van der Waals surface area (Å²) in [6, 6.07) is 0. The molecule has 0 atom stereocenters. The maximum atomic E-state index is 0. The Kier molecular flexibility index (Phi) is 70400. The van der Waals surface area contributed by atoms with Crippen LogP contribution in [-0.4, -0.2) is 0 Å². The molecule has 5 heteroatoms. The predicted molar refractivity (Wildman–Crippen MR) is 0 cm³/mol. The van der Waals surface area contributed by atoms with E-state index in [-0.39, 0.29) is 38.3 Å². The minimum atomic E-state index is 0. The quantitative estimate of drug-likeness (QED) is 0.232. The largest absolute Gasteiger partial charge is 1.00 e. The maximum absolute atomic E-state index is 0. The van der Waals surface area contributed by atoms with E-state index in [0.29, 0.717) is 0 Å². The molecule has 0 radical (unpaired) electrons. The van der Waals surface area contributed by atoms with Crippen LogP contribution in [-0.2, 0) is 19.5 Å². The summed E-state index contributed by atoms with van der Waals surface area (Å²) in [6.45, 7) is 0. The Morgan fingerprint density at radius 2 is 0.400 bits per heavy atom. The molecule has 0 heterocycles. The molecule has 34 valence electrons. The third kappa shape index (κ3) is 202. The normalized spacial score (nSPS) is 0. The molecule has 0 aromatic rings. The Labute approximate surface area is 39.2 Å². The zero-order valence-corrected chi connectivity index (χ0v) is 5.19. The van der Waals surface area contributed by atoms with Crippen LogP contribution in [0.25, 0.3) is 0 Å². The molecule has 0 fully saturated rings. The standard InChI is InChI=1S/4FH.Zn/h4*1H;/p-4. The maximum Gasteiger partial charge on any atom is 0 e. The Balaban J connectivity index is 0. The SMILES string of the molecule is [F-].[F-].[F-].[F-].[Zn]. The smallest absolute Gasteiger partial charge is 0 e. The van der Waals surface area contributed by atoms with Gasteiger partial charge in [-0.2, -0.15) is 0 Å². The average molecular weight is 141 g/mol. The summed E-state index contributed by atoms with van der Waals surface area (Å²) in [7, 11) is 0. The Morgan fingerprint density at radius 3 is 0.400 bits per heavy atom. The van der Waals surface area contributed by atoms with Gasteiger partial charge in [0.25, 0.3) is 0 Å². The molecular weight excluding hydrogens is 141 g/mol. The number of rotatable bonds is 0. The van der Waals surface area contributed by atoms with Gasteiger partial charge in [0.15, 0.2) is 0 Å². The molecule has 0 aliphatic rings.